The Kier molecular flexibility index (Phi) is 9.37. The number of benzene rings is 10. The Morgan fingerprint density at radius 3 is 1.77 bits per heavy atom. The van der Waals surface area contributed by atoms with E-state index in [-0.39, 0.29) is 0 Å². The number of para-hydroxylation sites is 2. The van der Waals surface area contributed by atoms with Crippen molar-refractivity contribution in [2.24, 2.45) is 0 Å². The van der Waals surface area contributed by atoms with Crippen LogP contribution in [0.1, 0.15) is 11.3 Å². The zero-order valence-corrected chi connectivity index (χ0v) is 34.1. The van der Waals surface area contributed by atoms with Crippen molar-refractivity contribution in [2.75, 3.05) is 4.90 Å². The molecule has 11 rings (SSSR count). The number of fused-ring (bicyclic) bond motifs is 6. The second kappa shape index (κ2) is 15.8. The summed E-state index contributed by atoms with van der Waals surface area (Å²) in [6.45, 7) is 4.17. The molecule has 0 amide bonds. The topological polar surface area (TPSA) is 16.4 Å². The number of rotatable bonds is 9. The first-order valence-electron chi connectivity index (χ1n) is 21.1. The van der Waals surface area contributed by atoms with Gasteiger partial charge in [0.1, 0.15) is 11.3 Å². The van der Waals surface area contributed by atoms with Gasteiger partial charge in [0.15, 0.2) is 0 Å². The van der Waals surface area contributed by atoms with E-state index in [0.717, 1.165) is 72.4 Å². The van der Waals surface area contributed by atoms with E-state index in [4.69, 9.17) is 4.42 Å². The van der Waals surface area contributed by atoms with Crippen molar-refractivity contribution >= 4 is 65.9 Å². The predicted octanol–water partition coefficient (Wildman–Crippen LogP) is 17.0. The summed E-state index contributed by atoms with van der Waals surface area (Å²) >= 11 is 0. The molecule has 0 saturated carbocycles. The fraction of sp³-hybridized carbons (Fsp3) is 0. The number of nitrogens with zero attached hydrogens (tertiary/aromatic N) is 1. The lowest BCUT2D eigenvalue weighted by Crippen LogP contribution is -2.13. The highest BCUT2D eigenvalue weighted by molar-refractivity contribution is 6.12. The number of hydrogen-bond donors (Lipinski definition) is 0. The van der Waals surface area contributed by atoms with E-state index < -0.39 is 0 Å². The molecule has 0 unspecified atom stereocenters. The zero-order chi connectivity index (χ0) is 41.4. The molecule has 2 heteroatoms. The molecule has 0 radical (unpaired) electrons. The molecule has 292 valence electrons. The van der Waals surface area contributed by atoms with E-state index in [9.17, 15) is 0 Å². The van der Waals surface area contributed by atoms with Crippen LogP contribution in [0, 0.1) is 0 Å². The molecule has 0 atom stereocenters. The lowest BCUT2D eigenvalue weighted by Gasteiger charge is -2.30. The van der Waals surface area contributed by atoms with Crippen molar-refractivity contribution in [3.05, 3.63) is 255 Å². The molecule has 0 aliphatic rings. The van der Waals surface area contributed by atoms with Gasteiger partial charge in [0, 0.05) is 33.2 Å². The molecule has 0 N–H and O–H groups in total. The maximum Gasteiger partial charge on any atom is 0.142 e. The quantitative estimate of drug-likeness (QED) is 0.107. The second-order valence-corrected chi connectivity index (χ2v) is 15.7. The Morgan fingerprint density at radius 2 is 0.968 bits per heavy atom. The first-order chi connectivity index (χ1) is 30.7. The highest BCUT2D eigenvalue weighted by atomic mass is 16.3. The number of hydrogen-bond acceptors (Lipinski definition) is 2. The predicted molar refractivity (Wildman–Crippen MR) is 263 cm³/mol. The van der Waals surface area contributed by atoms with Crippen molar-refractivity contribution in [3.8, 4) is 33.4 Å². The van der Waals surface area contributed by atoms with Gasteiger partial charge >= 0.3 is 0 Å². The average Bonchev–Trinajstić information content (AvgIpc) is 3.79. The van der Waals surface area contributed by atoms with E-state index in [0.29, 0.717) is 0 Å². The zero-order valence-electron chi connectivity index (χ0n) is 34.1. The molecule has 10 aromatic carbocycles. The summed E-state index contributed by atoms with van der Waals surface area (Å²) in [6.07, 6.45) is 3.92. The van der Waals surface area contributed by atoms with Crippen molar-refractivity contribution in [1.29, 1.82) is 0 Å². The third-order valence-electron chi connectivity index (χ3n) is 12.1. The van der Waals surface area contributed by atoms with Crippen molar-refractivity contribution in [2.45, 2.75) is 0 Å². The fourth-order valence-electron chi connectivity index (χ4n) is 9.10. The van der Waals surface area contributed by atoms with E-state index in [2.05, 4.69) is 242 Å². The highest BCUT2D eigenvalue weighted by Crippen LogP contribution is 2.46. The van der Waals surface area contributed by atoms with Gasteiger partial charge in [-0.2, -0.15) is 0 Å². The summed E-state index contributed by atoms with van der Waals surface area (Å²) in [6, 6.07) is 80.5. The minimum absolute atomic E-state index is 0.785. The molecule has 62 heavy (non-hydrogen) atoms. The Balaban J connectivity index is 1.08. The van der Waals surface area contributed by atoms with Crippen molar-refractivity contribution in [3.63, 3.8) is 0 Å². The van der Waals surface area contributed by atoms with E-state index in [1.54, 1.807) is 0 Å². The lowest BCUT2D eigenvalue weighted by atomic mass is 9.94. The molecule has 11 aromatic rings. The van der Waals surface area contributed by atoms with Crippen molar-refractivity contribution < 1.29 is 4.42 Å². The van der Waals surface area contributed by atoms with Gasteiger partial charge in [0.05, 0.1) is 11.4 Å². The summed E-state index contributed by atoms with van der Waals surface area (Å²) in [5.41, 5.74) is 13.0. The van der Waals surface area contributed by atoms with Gasteiger partial charge in [-0.3, -0.25) is 0 Å². The van der Waals surface area contributed by atoms with Crippen LogP contribution >= 0.6 is 0 Å². The lowest BCUT2D eigenvalue weighted by molar-refractivity contribution is 0.603. The molecular weight excluding hydrogens is 751 g/mol. The second-order valence-electron chi connectivity index (χ2n) is 15.7. The Bertz CT molecular complexity index is 3460. The van der Waals surface area contributed by atoms with Crippen LogP contribution in [0.5, 0.6) is 0 Å². The van der Waals surface area contributed by atoms with Gasteiger partial charge in [-0.25, -0.2) is 0 Å². The summed E-state index contributed by atoms with van der Waals surface area (Å²) in [7, 11) is 0. The summed E-state index contributed by atoms with van der Waals surface area (Å²) in [5.74, 6) is 0.785. The standard InChI is InChI=1S/C60H41NO/c1-2-15-56(59-40-47-33-32-44-19-7-9-22-52(44)60(47)62-59)55-23-11-13-27-58(55)61(57-26-12-10-21-51(57)46-30-28-42(29-31-46)41-16-4-3-5-17-41)48-37-34-45(35-38-48)50-24-14-25-53-49-20-8-6-18-43(49)36-39-54(50)53/h2-40H,1H2/b56-15-. The van der Waals surface area contributed by atoms with Crippen LogP contribution in [-0.4, -0.2) is 0 Å². The molecule has 0 aliphatic carbocycles. The van der Waals surface area contributed by atoms with Crippen molar-refractivity contribution in [1.82, 2.24) is 0 Å². The Morgan fingerprint density at radius 1 is 0.403 bits per heavy atom. The largest absolute Gasteiger partial charge is 0.455 e. The van der Waals surface area contributed by atoms with Crippen LogP contribution in [0.2, 0.25) is 0 Å². The van der Waals surface area contributed by atoms with Gasteiger partial charge in [-0.1, -0.05) is 213 Å². The number of furan rings is 1. The van der Waals surface area contributed by atoms with Gasteiger partial charge < -0.3 is 9.32 Å². The van der Waals surface area contributed by atoms with Crippen LogP contribution in [0.25, 0.3) is 82.2 Å². The van der Waals surface area contributed by atoms with Crippen LogP contribution in [0.15, 0.2) is 248 Å². The molecule has 2 nitrogen and oxygen atoms in total. The van der Waals surface area contributed by atoms with Gasteiger partial charge in [0.2, 0.25) is 0 Å². The van der Waals surface area contributed by atoms with Gasteiger partial charge in [-0.15, -0.1) is 0 Å². The fourth-order valence-corrected chi connectivity index (χ4v) is 9.10. The van der Waals surface area contributed by atoms with Crippen LogP contribution < -0.4 is 4.90 Å². The van der Waals surface area contributed by atoms with E-state index in [1.165, 1.54) is 38.2 Å². The first kappa shape index (κ1) is 36.8. The average molecular weight is 792 g/mol. The molecule has 0 fully saturated rings. The summed E-state index contributed by atoms with van der Waals surface area (Å²) in [4.78, 5) is 2.39. The summed E-state index contributed by atoms with van der Waals surface area (Å²) < 4.78 is 6.83. The molecule has 0 spiro atoms. The third-order valence-corrected chi connectivity index (χ3v) is 12.1. The first-order valence-corrected chi connectivity index (χ1v) is 21.1. The molecule has 0 bridgehead atoms. The smallest absolute Gasteiger partial charge is 0.142 e. The number of allylic oxidation sites excluding steroid dienone is 2. The minimum atomic E-state index is 0.785. The monoisotopic (exact) mass is 791 g/mol. The van der Waals surface area contributed by atoms with Gasteiger partial charge in [0.25, 0.3) is 0 Å². The molecule has 1 heterocycles. The third kappa shape index (κ3) is 6.56. The normalized spacial score (nSPS) is 11.7. The SMILES string of the molecule is C=C/C=C(\c1cc2ccc3ccccc3c2o1)c1ccccc1N(c1ccc(-c2cccc3c2ccc2ccccc23)cc1)c1ccccc1-c1ccc(-c2ccccc2)cc1. The maximum absolute atomic E-state index is 6.83. The van der Waals surface area contributed by atoms with Crippen LogP contribution in [-0.2, 0) is 0 Å². The number of anilines is 3. The molecule has 0 saturated heterocycles. The Labute approximate surface area is 361 Å². The highest BCUT2D eigenvalue weighted by Gasteiger charge is 2.23. The van der Waals surface area contributed by atoms with Gasteiger partial charge in [-0.05, 0) is 85.1 Å². The minimum Gasteiger partial charge on any atom is -0.455 e. The molecular formula is C60H41NO. The van der Waals surface area contributed by atoms with Crippen LogP contribution in [0.4, 0.5) is 17.1 Å². The van der Waals surface area contributed by atoms with Crippen LogP contribution in [0.3, 0.4) is 0 Å². The molecule has 1 aromatic heterocycles. The Hall–Kier alpha value is -8.20. The maximum atomic E-state index is 6.83. The van der Waals surface area contributed by atoms with E-state index in [1.807, 2.05) is 6.08 Å². The summed E-state index contributed by atoms with van der Waals surface area (Å²) in [5, 5.41) is 8.31. The molecule has 0 aliphatic heterocycles. The van der Waals surface area contributed by atoms with E-state index >= 15 is 0 Å².